The van der Waals surface area contributed by atoms with Crippen molar-refractivity contribution in [3.8, 4) is 11.5 Å². The fourth-order valence-corrected chi connectivity index (χ4v) is 3.23. The number of likely N-dealkylation sites (N-methyl/N-ethyl adjacent to an activating group) is 1. The number of amides is 1. The maximum Gasteiger partial charge on any atom is 0.231 e. The van der Waals surface area contributed by atoms with E-state index in [0.717, 1.165) is 23.5 Å². The Balaban J connectivity index is 1.51. The lowest BCUT2D eigenvalue weighted by Crippen LogP contribution is -2.34. The predicted molar refractivity (Wildman–Crippen MR) is 106 cm³/mol. The molecule has 1 aliphatic heterocycles. The summed E-state index contributed by atoms with van der Waals surface area (Å²) < 4.78 is 10.7. The second-order valence-corrected chi connectivity index (χ2v) is 7.07. The van der Waals surface area contributed by atoms with Crippen LogP contribution in [0, 0.1) is 0 Å². The number of hydrogen-bond donors (Lipinski definition) is 1. The largest absolute Gasteiger partial charge is 0.454 e. The summed E-state index contributed by atoms with van der Waals surface area (Å²) in [5.74, 6) is 1.59. The number of hydrogen-bond acceptors (Lipinski definition) is 4. The number of carbonyl (C=O) groups is 1. The molecule has 5 heteroatoms. The quantitative estimate of drug-likeness (QED) is 0.777. The lowest BCUT2D eigenvalue weighted by Gasteiger charge is -2.25. The van der Waals surface area contributed by atoms with Crippen LogP contribution < -0.4 is 14.8 Å². The molecule has 3 rings (SSSR count). The van der Waals surface area contributed by atoms with Crippen LogP contribution in [0.4, 0.5) is 0 Å². The third kappa shape index (κ3) is 5.01. The molecule has 27 heavy (non-hydrogen) atoms. The van der Waals surface area contributed by atoms with Crippen molar-refractivity contribution in [3.63, 3.8) is 0 Å². The van der Waals surface area contributed by atoms with Gasteiger partial charge in [0.1, 0.15) is 0 Å². The van der Waals surface area contributed by atoms with E-state index >= 15 is 0 Å². The van der Waals surface area contributed by atoms with Crippen molar-refractivity contribution in [3.05, 3.63) is 59.2 Å². The Morgan fingerprint density at radius 3 is 2.48 bits per heavy atom. The first-order chi connectivity index (χ1) is 13.1. The first-order valence-corrected chi connectivity index (χ1v) is 9.47. The normalized spacial score (nSPS) is 13.6. The van der Waals surface area contributed by atoms with E-state index in [1.165, 1.54) is 11.1 Å². The Morgan fingerprint density at radius 1 is 1.07 bits per heavy atom. The molecule has 0 aromatic heterocycles. The first kappa shape index (κ1) is 19.2. The van der Waals surface area contributed by atoms with Gasteiger partial charge in [-0.1, -0.05) is 37.3 Å². The lowest BCUT2D eigenvalue weighted by atomic mass is 10.0. The zero-order valence-electron chi connectivity index (χ0n) is 16.3. The second kappa shape index (κ2) is 8.91. The van der Waals surface area contributed by atoms with Crippen LogP contribution in [0.5, 0.6) is 11.5 Å². The average Bonchev–Trinajstić information content (AvgIpc) is 3.14. The summed E-state index contributed by atoms with van der Waals surface area (Å²) in [6.45, 7) is 3.02. The van der Waals surface area contributed by atoms with Gasteiger partial charge in [-0.3, -0.25) is 4.79 Å². The molecule has 144 valence electrons. The van der Waals surface area contributed by atoms with Gasteiger partial charge in [0.25, 0.3) is 0 Å². The van der Waals surface area contributed by atoms with Gasteiger partial charge >= 0.3 is 0 Å². The second-order valence-electron chi connectivity index (χ2n) is 7.07. The van der Waals surface area contributed by atoms with Crippen LogP contribution in [-0.2, 0) is 17.6 Å². The number of carbonyl (C=O) groups excluding carboxylic acids is 1. The highest BCUT2D eigenvalue weighted by atomic mass is 16.7. The fourth-order valence-electron chi connectivity index (χ4n) is 3.23. The van der Waals surface area contributed by atoms with Gasteiger partial charge in [0.2, 0.25) is 12.7 Å². The Labute approximate surface area is 161 Å². The van der Waals surface area contributed by atoms with Gasteiger partial charge in [-0.05, 0) is 55.8 Å². The Morgan fingerprint density at radius 2 is 1.78 bits per heavy atom. The van der Waals surface area contributed by atoms with Crippen LogP contribution in [0.25, 0.3) is 0 Å². The van der Waals surface area contributed by atoms with Crippen LogP contribution in [0.2, 0.25) is 0 Å². The minimum absolute atomic E-state index is 0.0599. The SMILES string of the molecule is CCc1ccc([C@@H](CNC(=O)CCc2ccc3c(c2)OCO3)N(C)C)cc1. The fraction of sp³-hybridized carbons (Fsp3) is 0.409. The van der Waals surface area contributed by atoms with Gasteiger partial charge in [-0.15, -0.1) is 0 Å². The molecule has 0 fully saturated rings. The van der Waals surface area contributed by atoms with Gasteiger partial charge in [0.15, 0.2) is 11.5 Å². The molecule has 1 aliphatic rings. The Hall–Kier alpha value is -2.53. The van der Waals surface area contributed by atoms with Crippen molar-refractivity contribution in [2.75, 3.05) is 27.4 Å². The summed E-state index contributed by atoms with van der Waals surface area (Å²) in [5, 5.41) is 3.08. The van der Waals surface area contributed by atoms with Crippen molar-refractivity contribution < 1.29 is 14.3 Å². The van der Waals surface area contributed by atoms with E-state index in [1.54, 1.807) is 0 Å². The molecule has 0 radical (unpaired) electrons. The summed E-state index contributed by atoms with van der Waals surface area (Å²) in [5.41, 5.74) is 3.62. The molecule has 1 N–H and O–H groups in total. The van der Waals surface area contributed by atoms with Gasteiger partial charge < -0.3 is 19.7 Å². The molecule has 2 aromatic carbocycles. The molecule has 0 spiro atoms. The first-order valence-electron chi connectivity index (χ1n) is 9.47. The predicted octanol–water partition coefficient (Wildman–Crippen LogP) is 3.33. The van der Waals surface area contributed by atoms with Gasteiger partial charge in [0, 0.05) is 13.0 Å². The Kier molecular flexibility index (Phi) is 6.35. The highest BCUT2D eigenvalue weighted by Crippen LogP contribution is 2.32. The molecular formula is C22H28N2O3. The summed E-state index contributed by atoms with van der Waals surface area (Å²) in [4.78, 5) is 14.5. The van der Waals surface area contributed by atoms with Gasteiger partial charge in [-0.25, -0.2) is 0 Å². The van der Waals surface area contributed by atoms with E-state index in [4.69, 9.17) is 9.47 Å². The summed E-state index contributed by atoms with van der Waals surface area (Å²) in [6, 6.07) is 14.6. The minimum Gasteiger partial charge on any atom is -0.454 e. The Bertz CT molecular complexity index is 772. The average molecular weight is 368 g/mol. The molecule has 0 aliphatic carbocycles. The molecule has 1 atom stereocenters. The summed E-state index contributed by atoms with van der Waals surface area (Å²) in [6.07, 6.45) is 2.17. The van der Waals surface area contributed by atoms with Crippen LogP contribution in [-0.4, -0.2) is 38.2 Å². The van der Waals surface area contributed by atoms with Crippen molar-refractivity contribution >= 4 is 5.91 Å². The van der Waals surface area contributed by atoms with Crippen molar-refractivity contribution in [2.24, 2.45) is 0 Å². The zero-order chi connectivity index (χ0) is 19.2. The molecule has 0 saturated heterocycles. The zero-order valence-corrected chi connectivity index (χ0v) is 16.3. The topological polar surface area (TPSA) is 50.8 Å². The molecule has 1 heterocycles. The molecule has 0 bridgehead atoms. The third-order valence-corrected chi connectivity index (χ3v) is 4.97. The number of aryl methyl sites for hydroxylation is 2. The standard InChI is InChI=1S/C22H28N2O3/c1-4-16-5-9-18(10-6-16)19(24(2)3)14-23-22(25)12-8-17-7-11-20-21(13-17)27-15-26-20/h5-7,9-11,13,19H,4,8,12,14-15H2,1-3H3,(H,23,25)/t19-/m1/s1. The maximum absolute atomic E-state index is 12.3. The van der Waals surface area contributed by atoms with Crippen LogP contribution in [0.15, 0.2) is 42.5 Å². The number of rotatable bonds is 8. The molecule has 5 nitrogen and oxygen atoms in total. The van der Waals surface area contributed by atoms with Gasteiger partial charge in [-0.2, -0.15) is 0 Å². The monoisotopic (exact) mass is 368 g/mol. The molecular weight excluding hydrogens is 340 g/mol. The lowest BCUT2D eigenvalue weighted by molar-refractivity contribution is -0.121. The van der Waals surface area contributed by atoms with Crippen LogP contribution in [0.3, 0.4) is 0 Å². The molecule has 0 unspecified atom stereocenters. The summed E-state index contributed by atoms with van der Waals surface area (Å²) in [7, 11) is 4.08. The number of nitrogens with one attached hydrogen (secondary N) is 1. The highest BCUT2D eigenvalue weighted by molar-refractivity contribution is 5.76. The van der Waals surface area contributed by atoms with Gasteiger partial charge in [0.05, 0.1) is 6.04 Å². The van der Waals surface area contributed by atoms with Crippen LogP contribution in [0.1, 0.15) is 36.1 Å². The van der Waals surface area contributed by atoms with Crippen molar-refractivity contribution in [2.45, 2.75) is 32.2 Å². The van der Waals surface area contributed by atoms with Crippen LogP contribution >= 0.6 is 0 Å². The number of nitrogens with zero attached hydrogens (tertiary/aromatic N) is 1. The van der Waals surface area contributed by atoms with Crippen molar-refractivity contribution in [1.82, 2.24) is 10.2 Å². The number of ether oxygens (including phenoxy) is 2. The highest BCUT2D eigenvalue weighted by Gasteiger charge is 2.16. The smallest absolute Gasteiger partial charge is 0.231 e. The number of fused-ring (bicyclic) bond motifs is 1. The van der Waals surface area contributed by atoms with E-state index in [9.17, 15) is 4.79 Å². The van der Waals surface area contributed by atoms with E-state index < -0.39 is 0 Å². The van der Waals surface area contributed by atoms with E-state index in [0.29, 0.717) is 19.4 Å². The third-order valence-electron chi connectivity index (χ3n) is 4.97. The number of benzene rings is 2. The maximum atomic E-state index is 12.3. The van der Waals surface area contributed by atoms with E-state index in [2.05, 4.69) is 41.4 Å². The van der Waals surface area contributed by atoms with E-state index in [1.807, 2.05) is 32.3 Å². The molecule has 1 amide bonds. The minimum atomic E-state index is 0.0599. The molecule has 2 aromatic rings. The summed E-state index contributed by atoms with van der Waals surface area (Å²) >= 11 is 0. The van der Waals surface area contributed by atoms with E-state index in [-0.39, 0.29) is 18.7 Å². The molecule has 0 saturated carbocycles. The van der Waals surface area contributed by atoms with Crippen molar-refractivity contribution in [1.29, 1.82) is 0 Å².